The lowest BCUT2D eigenvalue weighted by molar-refractivity contribution is -0.115. The summed E-state index contributed by atoms with van der Waals surface area (Å²) in [7, 11) is -3.87. The molecule has 0 unspecified atom stereocenters. The Kier molecular flexibility index (Phi) is 6.31. The normalized spacial score (nSPS) is 10.8. The highest BCUT2D eigenvalue weighted by Crippen LogP contribution is 2.17. The Morgan fingerprint density at radius 2 is 1.85 bits per heavy atom. The second-order valence-corrected chi connectivity index (χ2v) is 6.79. The van der Waals surface area contributed by atoms with Crippen LogP contribution in [0.3, 0.4) is 0 Å². The van der Waals surface area contributed by atoms with Crippen LogP contribution in [0.2, 0.25) is 0 Å². The van der Waals surface area contributed by atoms with Gasteiger partial charge in [-0.2, -0.15) is 0 Å². The molecule has 4 N–H and O–H groups in total. The summed E-state index contributed by atoms with van der Waals surface area (Å²) >= 11 is 0. The lowest BCUT2D eigenvalue weighted by Crippen LogP contribution is -2.33. The molecular weight excluding hydrogens is 358 g/mol. The van der Waals surface area contributed by atoms with Crippen LogP contribution in [0.5, 0.6) is 5.75 Å². The van der Waals surface area contributed by atoms with Gasteiger partial charge in [-0.05, 0) is 37.3 Å². The molecule has 2 aromatic rings. The molecule has 0 atom stereocenters. The van der Waals surface area contributed by atoms with Crippen LogP contribution in [0.4, 0.5) is 5.69 Å². The van der Waals surface area contributed by atoms with Crippen LogP contribution in [0.1, 0.15) is 17.3 Å². The van der Waals surface area contributed by atoms with Crippen molar-refractivity contribution >= 4 is 27.5 Å². The van der Waals surface area contributed by atoms with Gasteiger partial charge in [-0.3, -0.25) is 9.59 Å². The van der Waals surface area contributed by atoms with Crippen LogP contribution >= 0.6 is 0 Å². The zero-order valence-electron chi connectivity index (χ0n) is 14.1. The lowest BCUT2D eigenvalue weighted by Gasteiger charge is -2.11. The smallest absolute Gasteiger partial charge is 0.255 e. The van der Waals surface area contributed by atoms with Gasteiger partial charge in [-0.25, -0.2) is 13.6 Å². The molecule has 0 saturated carbocycles. The lowest BCUT2D eigenvalue weighted by atomic mass is 10.2. The van der Waals surface area contributed by atoms with Crippen LogP contribution in [-0.2, 0) is 14.8 Å². The Balaban J connectivity index is 1.98. The monoisotopic (exact) mass is 377 g/mol. The summed E-state index contributed by atoms with van der Waals surface area (Å²) in [5, 5.41) is 10.0. The SMILES string of the molecule is CCOc1ccccc1C(=O)NCC(=O)Nc1cccc(S(N)(=O)=O)c1. The van der Waals surface area contributed by atoms with Gasteiger partial charge >= 0.3 is 0 Å². The number of hydrogen-bond acceptors (Lipinski definition) is 5. The van der Waals surface area contributed by atoms with Gasteiger partial charge in [-0.15, -0.1) is 0 Å². The Labute approximate surface area is 151 Å². The maximum atomic E-state index is 12.2. The second kappa shape index (κ2) is 8.45. The fraction of sp³-hybridized carbons (Fsp3) is 0.176. The minimum absolute atomic E-state index is 0.120. The van der Waals surface area contributed by atoms with Crippen LogP contribution in [-0.4, -0.2) is 33.4 Å². The number of carbonyl (C=O) groups excluding carboxylic acids is 2. The number of carbonyl (C=O) groups is 2. The molecule has 0 radical (unpaired) electrons. The van der Waals surface area contributed by atoms with Crippen LogP contribution in [0.15, 0.2) is 53.4 Å². The molecule has 2 aromatic carbocycles. The third-order valence-corrected chi connectivity index (χ3v) is 4.20. The zero-order valence-corrected chi connectivity index (χ0v) is 14.9. The van der Waals surface area contributed by atoms with Crippen molar-refractivity contribution in [2.75, 3.05) is 18.5 Å². The van der Waals surface area contributed by atoms with E-state index in [4.69, 9.17) is 9.88 Å². The Morgan fingerprint density at radius 1 is 1.12 bits per heavy atom. The van der Waals surface area contributed by atoms with E-state index in [9.17, 15) is 18.0 Å². The minimum Gasteiger partial charge on any atom is -0.493 e. The summed E-state index contributed by atoms with van der Waals surface area (Å²) in [6.45, 7) is 1.92. The van der Waals surface area contributed by atoms with Crippen molar-refractivity contribution in [3.8, 4) is 5.75 Å². The first-order valence-electron chi connectivity index (χ1n) is 7.74. The van der Waals surface area contributed by atoms with Gasteiger partial charge in [0, 0.05) is 5.69 Å². The fourth-order valence-corrected chi connectivity index (χ4v) is 2.71. The molecule has 0 spiro atoms. The van der Waals surface area contributed by atoms with E-state index >= 15 is 0 Å². The van der Waals surface area contributed by atoms with Crippen molar-refractivity contribution in [1.29, 1.82) is 0 Å². The third kappa shape index (κ3) is 5.30. The molecule has 0 saturated heterocycles. The number of primary sulfonamides is 1. The van der Waals surface area contributed by atoms with Crippen LogP contribution in [0.25, 0.3) is 0 Å². The molecule has 2 rings (SSSR count). The molecule has 0 aliphatic rings. The summed E-state index contributed by atoms with van der Waals surface area (Å²) < 4.78 is 28.0. The van der Waals surface area contributed by atoms with Gasteiger partial charge < -0.3 is 15.4 Å². The molecule has 0 heterocycles. The number of anilines is 1. The highest BCUT2D eigenvalue weighted by atomic mass is 32.2. The molecule has 0 aliphatic heterocycles. The van der Waals surface area contributed by atoms with Crippen LogP contribution in [0, 0.1) is 0 Å². The topological polar surface area (TPSA) is 128 Å². The number of nitrogens with two attached hydrogens (primary N) is 1. The average molecular weight is 377 g/mol. The Bertz CT molecular complexity index is 912. The highest BCUT2D eigenvalue weighted by molar-refractivity contribution is 7.89. The number of benzene rings is 2. The largest absolute Gasteiger partial charge is 0.493 e. The number of rotatable bonds is 7. The van der Waals surface area contributed by atoms with E-state index in [2.05, 4.69) is 10.6 Å². The van der Waals surface area contributed by atoms with E-state index in [-0.39, 0.29) is 17.1 Å². The zero-order chi connectivity index (χ0) is 19.2. The van der Waals surface area contributed by atoms with Gasteiger partial charge in [0.2, 0.25) is 15.9 Å². The van der Waals surface area contributed by atoms with E-state index in [1.54, 1.807) is 31.2 Å². The number of hydrogen-bond donors (Lipinski definition) is 3. The van der Waals surface area contributed by atoms with Crippen molar-refractivity contribution in [2.24, 2.45) is 5.14 Å². The summed E-state index contributed by atoms with van der Waals surface area (Å²) in [6.07, 6.45) is 0. The van der Waals surface area contributed by atoms with Gasteiger partial charge in [0.25, 0.3) is 5.91 Å². The molecule has 0 fully saturated rings. The van der Waals surface area contributed by atoms with Crippen molar-refractivity contribution < 1.29 is 22.7 Å². The van der Waals surface area contributed by atoms with E-state index in [1.165, 1.54) is 24.3 Å². The maximum Gasteiger partial charge on any atom is 0.255 e. The minimum atomic E-state index is -3.87. The number of para-hydroxylation sites is 1. The summed E-state index contributed by atoms with van der Waals surface area (Å²) in [5.74, 6) is -0.546. The standard InChI is InChI=1S/C17H19N3O5S/c1-2-25-15-9-4-3-8-14(15)17(22)19-11-16(21)20-12-6-5-7-13(10-12)26(18,23)24/h3-10H,2,11H2,1H3,(H,19,22)(H,20,21)(H2,18,23,24). The van der Waals surface area contributed by atoms with Crippen molar-refractivity contribution in [3.63, 3.8) is 0 Å². The average Bonchev–Trinajstić information content (AvgIpc) is 2.60. The van der Waals surface area contributed by atoms with Gasteiger partial charge in [0.1, 0.15) is 5.75 Å². The van der Waals surface area contributed by atoms with E-state index in [0.717, 1.165) is 0 Å². The molecule has 26 heavy (non-hydrogen) atoms. The maximum absolute atomic E-state index is 12.2. The molecule has 2 amide bonds. The number of ether oxygens (including phenoxy) is 1. The third-order valence-electron chi connectivity index (χ3n) is 3.29. The Morgan fingerprint density at radius 3 is 2.54 bits per heavy atom. The first-order valence-corrected chi connectivity index (χ1v) is 9.28. The number of amides is 2. The first kappa shape index (κ1) is 19.4. The molecule has 0 aromatic heterocycles. The molecular formula is C17H19N3O5S. The predicted molar refractivity (Wildman–Crippen MR) is 96.4 cm³/mol. The summed E-state index contributed by atoms with van der Waals surface area (Å²) in [5.41, 5.74) is 0.573. The summed E-state index contributed by atoms with van der Waals surface area (Å²) in [6, 6.07) is 12.2. The van der Waals surface area contributed by atoms with E-state index < -0.39 is 21.8 Å². The van der Waals surface area contributed by atoms with Crippen LogP contribution < -0.4 is 20.5 Å². The van der Waals surface area contributed by atoms with Gasteiger partial charge in [0.15, 0.2) is 0 Å². The van der Waals surface area contributed by atoms with Crippen molar-refractivity contribution in [2.45, 2.75) is 11.8 Å². The van der Waals surface area contributed by atoms with Crippen molar-refractivity contribution in [3.05, 3.63) is 54.1 Å². The van der Waals surface area contributed by atoms with E-state index in [1.807, 2.05) is 0 Å². The predicted octanol–water partition coefficient (Wildman–Crippen LogP) is 1.10. The molecule has 0 bridgehead atoms. The first-order chi connectivity index (χ1) is 12.3. The molecule has 8 nitrogen and oxygen atoms in total. The van der Waals surface area contributed by atoms with Gasteiger partial charge in [-0.1, -0.05) is 18.2 Å². The fourth-order valence-electron chi connectivity index (χ4n) is 2.15. The number of nitrogens with one attached hydrogen (secondary N) is 2. The highest BCUT2D eigenvalue weighted by Gasteiger charge is 2.14. The second-order valence-electron chi connectivity index (χ2n) is 5.23. The quantitative estimate of drug-likeness (QED) is 0.666. The summed E-state index contributed by atoms with van der Waals surface area (Å²) in [4.78, 5) is 24.1. The molecule has 138 valence electrons. The Hall–Kier alpha value is -2.91. The van der Waals surface area contributed by atoms with Gasteiger partial charge in [0.05, 0.1) is 23.6 Å². The molecule has 9 heteroatoms. The van der Waals surface area contributed by atoms with E-state index in [0.29, 0.717) is 17.9 Å². The number of sulfonamides is 1. The van der Waals surface area contributed by atoms with Crippen molar-refractivity contribution in [1.82, 2.24) is 5.32 Å². The molecule has 0 aliphatic carbocycles.